The molecule has 5 heteroatoms. The van der Waals surface area contributed by atoms with Crippen molar-refractivity contribution in [2.45, 2.75) is 13.0 Å². The van der Waals surface area contributed by atoms with Gasteiger partial charge >= 0.3 is 0 Å². The Morgan fingerprint density at radius 3 is 2.83 bits per heavy atom. The van der Waals surface area contributed by atoms with Crippen LogP contribution in [0.25, 0.3) is 0 Å². The van der Waals surface area contributed by atoms with E-state index in [0.29, 0.717) is 12.2 Å². The fourth-order valence-corrected chi connectivity index (χ4v) is 1.56. The van der Waals surface area contributed by atoms with Crippen LogP contribution in [-0.2, 0) is 17.8 Å². The molecule has 0 bridgehead atoms. The van der Waals surface area contributed by atoms with Gasteiger partial charge in [0.05, 0.1) is 12.5 Å². The SMILES string of the molecule is N#CCn1ccc(NC(=O)Cc2ccccc2)n1. The first kappa shape index (κ1) is 11.9. The number of carbonyl (C=O) groups excluding carboxylic acids is 1. The second-order valence-electron chi connectivity index (χ2n) is 3.77. The molecule has 0 fully saturated rings. The lowest BCUT2D eigenvalue weighted by Crippen LogP contribution is -2.15. The summed E-state index contributed by atoms with van der Waals surface area (Å²) in [5.41, 5.74) is 0.950. The molecule has 0 saturated carbocycles. The van der Waals surface area contributed by atoms with E-state index in [1.807, 2.05) is 36.4 Å². The lowest BCUT2D eigenvalue weighted by Gasteiger charge is -2.01. The summed E-state index contributed by atoms with van der Waals surface area (Å²) in [5, 5.41) is 15.2. The van der Waals surface area contributed by atoms with Gasteiger partial charge in [0.15, 0.2) is 5.82 Å². The van der Waals surface area contributed by atoms with Crippen LogP contribution in [0.5, 0.6) is 0 Å². The number of nitriles is 1. The molecule has 1 aromatic heterocycles. The van der Waals surface area contributed by atoms with E-state index in [0.717, 1.165) is 5.56 Å². The third-order valence-corrected chi connectivity index (χ3v) is 2.35. The second kappa shape index (κ2) is 5.64. The van der Waals surface area contributed by atoms with Crippen molar-refractivity contribution in [2.24, 2.45) is 0 Å². The number of anilines is 1. The van der Waals surface area contributed by atoms with E-state index in [9.17, 15) is 4.79 Å². The van der Waals surface area contributed by atoms with Crippen molar-refractivity contribution < 1.29 is 4.79 Å². The summed E-state index contributed by atoms with van der Waals surface area (Å²) >= 11 is 0. The van der Waals surface area contributed by atoms with Gasteiger partial charge in [-0.1, -0.05) is 30.3 Å². The number of hydrogen-bond acceptors (Lipinski definition) is 3. The van der Waals surface area contributed by atoms with Crippen molar-refractivity contribution in [3.8, 4) is 6.07 Å². The van der Waals surface area contributed by atoms with Gasteiger partial charge in [-0.2, -0.15) is 10.4 Å². The maximum absolute atomic E-state index is 11.7. The molecular formula is C13H12N4O. The van der Waals surface area contributed by atoms with Crippen molar-refractivity contribution >= 4 is 11.7 Å². The second-order valence-corrected chi connectivity index (χ2v) is 3.77. The third-order valence-electron chi connectivity index (χ3n) is 2.35. The summed E-state index contributed by atoms with van der Waals surface area (Å²) in [5.74, 6) is 0.342. The predicted octanol–water partition coefficient (Wildman–Crippen LogP) is 1.59. The van der Waals surface area contributed by atoms with Crippen LogP contribution in [0.15, 0.2) is 42.6 Å². The number of nitrogens with zero attached hydrogens (tertiary/aromatic N) is 3. The maximum atomic E-state index is 11.7. The van der Waals surface area contributed by atoms with E-state index in [4.69, 9.17) is 5.26 Å². The molecule has 2 rings (SSSR count). The van der Waals surface area contributed by atoms with Gasteiger partial charge in [0, 0.05) is 12.3 Å². The van der Waals surface area contributed by atoms with Crippen molar-refractivity contribution in [1.29, 1.82) is 5.26 Å². The van der Waals surface area contributed by atoms with E-state index in [1.165, 1.54) is 4.68 Å². The van der Waals surface area contributed by atoms with E-state index < -0.39 is 0 Å². The Labute approximate surface area is 105 Å². The minimum Gasteiger partial charge on any atom is -0.309 e. The number of amides is 1. The smallest absolute Gasteiger partial charge is 0.229 e. The molecule has 0 atom stereocenters. The highest BCUT2D eigenvalue weighted by Gasteiger charge is 2.05. The molecule has 90 valence electrons. The fourth-order valence-electron chi connectivity index (χ4n) is 1.56. The average molecular weight is 240 g/mol. The molecule has 0 aliphatic carbocycles. The molecule has 0 radical (unpaired) electrons. The number of aromatic nitrogens is 2. The molecule has 1 amide bonds. The quantitative estimate of drug-likeness (QED) is 0.882. The average Bonchev–Trinajstić information content (AvgIpc) is 2.78. The highest BCUT2D eigenvalue weighted by Crippen LogP contribution is 2.05. The van der Waals surface area contributed by atoms with Gasteiger partial charge in [0.1, 0.15) is 6.54 Å². The van der Waals surface area contributed by atoms with Crippen LogP contribution in [0.3, 0.4) is 0 Å². The summed E-state index contributed by atoms with van der Waals surface area (Å²) in [7, 11) is 0. The van der Waals surface area contributed by atoms with Crippen molar-refractivity contribution in [1.82, 2.24) is 9.78 Å². The third kappa shape index (κ3) is 3.19. The summed E-state index contributed by atoms with van der Waals surface area (Å²) < 4.78 is 1.47. The van der Waals surface area contributed by atoms with Gasteiger partial charge in [-0.25, -0.2) is 0 Å². The Balaban J connectivity index is 1.93. The predicted molar refractivity (Wildman–Crippen MR) is 66.6 cm³/mol. The Kier molecular flexibility index (Phi) is 3.72. The van der Waals surface area contributed by atoms with Crippen LogP contribution in [0.2, 0.25) is 0 Å². The molecule has 0 saturated heterocycles. The Morgan fingerprint density at radius 1 is 1.33 bits per heavy atom. The van der Waals surface area contributed by atoms with Gasteiger partial charge in [-0.3, -0.25) is 9.48 Å². The molecule has 0 spiro atoms. The molecule has 0 aliphatic heterocycles. The van der Waals surface area contributed by atoms with E-state index in [1.54, 1.807) is 12.3 Å². The van der Waals surface area contributed by atoms with Gasteiger partial charge in [0.25, 0.3) is 0 Å². The Hall–Kier alpha value is -2.61. The van der Waals surface area contributed by atoms with Crippen LogP contribution in [0.1, 0.15) is 5.56 Å². The van der Waals surface area contributed by atoms with Gasteiger partial charge in [-0.15, -0.1) is 0 Å². The Morgan fingerprint density at radius 2 is 2.11 bits per heavy atom. The maximum Gasteiger partial charge on any atom is 0.229 e. The highest BCUT2D eigenvalue weighted by atomic mass is 16.1. The normalized spacial score (nSPS) is 9.72. The first-order chi connectivity index (χ1) is 8.78. The molecule has 1 aromatic carbocycles. The van der Waals surface area contributed by atoms with Gasteiger partial charge < -0.3 is 5.32 Å². The van der Waals surface area contributed by atoms with Gasteiger partial charge in [0.2, 0.25) is 5.91 Å². The molecule has 5 nitrogen and oxygen atoms in total. The molecule has 18 heavy (non-hydrogen) atoms. The van der Waals surface area contributed by atoms with Crippen LogP contribution in [0, 0.1) is 11.3 Å². The lowest BCUT2D eigenvalue weighted by molar-refractivity contribution is -0.115. The zero-order chi connectivity index (χ0) is 12.8. The molecule has 2 aromatic rings. The topological polar surface area (TPSA) is 70.7 Å². The van der Waals surface area contributed by atoms with Crippen LogP contribution in [-0.4, -0.2) is 15.7 Å². The van der Waals surface area contributed by atoms with Crippen molar-refractivity contribution in [3.63, 3.8) is 0 Å². The van der Waals surface area contributed by atoms with Crippen molar-refractivity contribution in [3.05, 3.63) is 48.2 Å². The zero-order valence-corrected chi connectivity index (χ0v) is 9.71. The highest BCUT2D eigenvalue weighted by molar-refractivity contribution is 5.91. The summed E-state index contributed by atoms with van der Waals surface area (Å²) in [4.78, 5) is 11.7. The molecule has 0 aliphatic rings. The standard InChI is InChI=1S/C13H12N4O/c14-7-9-17-8-6-12(16-17)15-13(18)10-11-4-2-1-3-5-11/h1-6,8H,9-10H2,(H,15,16,18). The van der Waals surface area contributed by atoms with E-state index in [2.05, 4.69) is 10.4 Å². The molecular weight excluding hydrogens is 228 g/mol. The van der Waals surface area contributed by atoms with Crippen LogP contribution >= 0.6 is 0 Å². The van der Waals surface area contributed by atoms with Crippen molar-refractivity contribution in [2.75, 3.05) is 5.32 Å². The number of nitrogens with one attached hydrogen (secondary N) is 1. The number of rotatable bonds is 4. The number of hydrogen-bond donors (Lipinski definition) is 1. The number of carbonyl (C=O) groups is 1. The zero-order valence-electron chi connectivity index (χ0n) is 9.71. The Bertz CT molecular complexity index is 568. The van der Waals surface area contributed by atoms with E-state index in [-0.39, 0.29) is 12.5 Å². The summed E-state index contributed by atoms with van der Waals surface area (Å²) in [6.45, 7) is 0.175. The molecule has 1 heterocycles. The first-order valence-corrected chi connectivity index (χ1v) is 5.52. The monoisotopic (exact) mass is 240 g/mol. The minimum absolute atomic E-state index is 0.122. The fraction of sp³-hybridized carbons (Fsp3) is 0.154. The first-order valence-electron chi connectivity index (χ1n) is 5.52. The van der Waals surface area contributed by atoms with E-state index >= 15 is 0 Å². The molecule has 0 unspecified atom stereocenters. The lowest BCUT2D eigenvalue weighted by atomic mass is 10.1. The molecule has 1 N–H and O–H groups in total. The van der Waals surface area contributed by atoms with Crippen LogP contribution in [0.4, 0.5) is 5.82 Å². The summed E-state index contributed by atoms with van der Waals surface area (Å²) in [6, 6.07) is 13.1. The number of benzene rings is 1. The van der Waals surface area contributed by atoms with Gasteiger partial charge in [-0.05, 0) is 5.56 Å². The largest absolute Gasteiger partial charge is 0.309 e. The minimum atomic E-state index is -0.122. The van der Waals surface area contributed by atoms with Crippen LogP contribution < -0.4 is 5.32 Å². The summed E-state index contributed by atoms with van der Waals surface area (Å²) in [6.07, 6.45) is 1.97.